The van der Waals surface area contributed by atoms with Gasteiger partial charge in [0, 0.05) is 0 Å². The van der Waals surface area contributed by atoms with Crippen molar-refractivity contribution in [2.24, 2.45) is 0 Å². The number of para-hydroxylation sites is 2. The van der Waals surface area contributed by atoms with Crippen molar-refractivity contribution in [3.63, 3.8) is 0 Å². The van der Waals surface area contributed by atoms with Gasteiger partial charge in [0.15, 0.2) is 11.5 Å². The number of carbonyl (C=O) groups excluding carboxylic acids is 1. The second kappa shape index (κ2) is 8.80. The molecule has 2 aromatic carbocycles. The zero-order valence-corrected chi connectivity index (χ0v) is 15.1. The van der Waals surface area contributed by atoms with Crippen molar-refractivity contribution in [1.82, 2.24) is 0 Å². The molecule has 6 heteroatoms. The number of rotatable bonds is 8. The van der Waals surface area contributed by atoms with Crippen molar-refractivity contribution in [2.75, 3.05) is 14.2 Å². The van der Waals surface area contributed by atoms with E-state index in [4.69, 9.17) is 23.4 Å². The van der Waals surface area contributed by atoms with Crippen LogP contribution in [0.15, 0.2) is 65.1 Å². The number of carbonyl (C=O) groups is 1. The zero-order chi connectivity index (χ0) is 19.1. The highest BCUT2D eigenvalue weighted by molar-refractivity contribution is 5.86. The molecule has 1 aromatic heterocycles. The van der Waals surface area contributed by atoms with E-state index in [1.807, 2.05) is 36.4 Å². The van der Waals surface area contributed by atoms with Crippen LogP contribution in [0.25, 0.3) is 0 Å². The van der Waals surface area contributed by atoms with E-state index in [1.54, 1.807) is 38.5 Å². The summed E-state index contributed by atoms with van der Waals surface area (Å²) in [7, 11) is 3.16. The maximum atomic E-state index is 12.2. The Balaban J connectivity index is 1.55. The van der Waals surface area contributed by atoms with Crippen LogP contribution in [0.2, 0.25) is 0 Å². The van der Waals surface area contributed by atoms with Gasteiger partial charge in [-0.2, -0.15) is 0 Å². The molecule has 0 bridgehead atoms. The van der Waals surface area contributed by atoms with Gasteiger partial charge in [-0.05, 0) is 42.0 Å². The number of furan rings is 1. The fraction of sp³-hybridized carbons (Fsp3) is 0.190. The fourth-order valence-corrected chi connectivity index (χ4v) is 2.43. The lowest BCUT2D eigenvalue weighted by Crippen LogP contribution is -2.04. The van der Waals surface area contributed by atoms with E-state index in [0.29, 0.717) is 23.0 Å². The van der Waals surface area contributed by atoms with Crippen LogP contribution in [0.3, 0.4) is 0 Å². The van der Waals surface area contributed by atoms with E-state index < -0.39 is 5.97 Å². The zero-order valence-electron chi connectivity index (χ0n) is 15.1. The summed E-state index contributed by atoms with van der Waals surface area (Å²) >= 11 is 0. The van der Waals surface area contributed by atoms with Gasteiger partial charge in [-0.3, -0.25) is 0 Å². The van der Waals surface area contributed by atoms with Gasteiger partial charge in [0.05, 0.1) is 14.2 Å². The summed E-state index contributed by atoms with van der Waals surface area (Å²) in [4.78, 5) is 12.2. The molecule has 0 unspecified atom stereocenters. The molecule has 0 aliphatic rings. The lowest BCUT2D eigenvalue weighted by atomic mass is 10.2. The van der Waals surface area contributed by atoms with Gasteiger partial charge in [0.1, 0.15) is 24.7 Å². The number of ether oxygens (including phenoxy) is 4. The predicted molar refractivity (Wildman–Crippen MR) is 98.1 cm³/mol. The van der Waals surface area contributed by atoms with Crippen molar-refractivity contribution < 1.29 is 28.2 Å². The van der Waals surface area contributed by atoms with Crippen molar-refractivity contribution in [2.45, 2.75) is 13.2 Å². The van der Waals surface area contributed by atoms with Gasteiger partial charge in [-0.1, -0.05) is 24.3 Å². The highest BCUT2D eigenvalue weighted by Crippen LogP contribution is 2.27. The van der Waals surface area contributed by atoms with Gasteiger partial charge >= 0.3 is 5.97 Å². The second-order valence-corrected chi connectivity index (χ2v) is 5.63. The average Bonchev–Trinajstić information content (AvgIpc) is 3.20. The Kier molecular flexibility index (Phi) is 5.99. The van der Waals surface area contributed by atoms with Crippen LogP contribution >= 0.6 is 0 Å². The highest BCUT2D eigenvalue weighted by Gasteiger charge is 2.14. The molecule has 6 nitrogen and oxygen atoms in total. The van der Waals surface area contributed by atoms with E-state index in [9.17, 15) is 4.79 Å². The van der Waals surface area contributed by atoms with Crippen molar-refractivity contribution in [3.8, 4) is 17.2 Å². The van der Waals surface area contributed by atoms with Crippen LogP contribution in [0, 0.1) is 0 Å². The summed E-state index contributed by atoms with van der Waals surface area (Å²) in [6, 6.07) is 17.9. The molecule has 0 aliphatic carbocycles. The summed E-state index contributed by atoms with van der Waals surface area (Å²) in [5.41, 5.74) is 0.828. The van der Waals surface area contributed by atoms with E-state index in [1.165, 1.54) is 0 Å². The average molecular weight is 368 g/mol. The normalized spacial score (nSPS) is 10.3. The highest BCUT2D eigenvalue weighted by atomic mass is 16.5. The molecule has 0 aliphatic heterocycles. The maximum Gasteiger partial charge on any atom is 0.374 e. The standard InChI is InChI=1S/C21H20O6/c1-23-16-7-5-6-15(12-16)13-26-21(22)20-11-10-17(27-20)14-25-19-9-4-3-8-18(19)24-2/h3-12H,13-14H2,1-2H3. The lowest BCUT2D eigenvalue weighted by molar-refractivity contribution is 0.0432. The van der Waals surface area contributed by atoms with Gasteiger partial charge < -0.3 is 23.4 Å². The lowest BCUT2D eigenvalue weighted by Gasteiger charge is -2.08. The minimum absolute atomic E-state index is 0.122. The topological polar surface area (TPSA) is 67.1 Å². The van der Waals surface area contributed by atoms with Crippen LogP contribution in [-0.2, 0) is 18.0 Å². The van der Waals surface area contributed by atoms with Crippen LogP contribution in [-0.4, -0.2) is 20.2 Å². The van der Waals surface area contributed by atoms with E-state index in [-0.39, 0.29) is 19.0 Å². The van der Waals surface area contributed by atoms with Crippen LogP contribution < -0.4 is 14.2 Å². The van der Waals surface area contributed by atoms with Gasteiger partial charge in [-0.25, -0.2) is 4.79 Å². The number of esters is 1. The summed E-state index contributed by atoms with van der Waals surface area (Å²) in [6.07, 6.45) is 0. The van der Waals surface area contributed by atoms with Crippen molar-refractivity contribution >= 4 is 5.97 Å². The van der Waals surface area contributed by atoms with Crippen LogP contribution in [0.5, 0.6) is 17.2 Å². The Bertz CT molecular complexity index is 899. The Morgan fingerprint density at radius 2 is 1.70 bits per heavy atom. The Labute approximate surface area is 157 Å². The molecule has 140 valence electrons. The summed E-state index contributed by atoms with van der Waals surface area (Å²) in [6.45, 7) is 0.299. The number of methoxy groups -OCH3 is 2. The molecular weight excluding hydrogens is 348 g/mol. The molecule has 0 radical (unpaired) electrons. The van der Waals surface area contributed by atoms with Crippen LogP contribution in [0.4, 0.5) is 0 Å². The molecule has 27 heavy (non-hydrogen) atoms. The summed E-state index contributed by atoms with van der Waals surface area (Å²) < 4.78 is 26.8. The summed E-state index contributed by atoms with van der Waals surface area (Å²) in [5, 5.41) is 0. The molecule has 0 N–H and O–H groups in total. The largest absolute Gasteiger partial charge is 0.497 e. The molecule has 0 saturated heterocycles. The Morgan fingerprint density at radius 3 is 2.48 bits per heavy atom. The minimum Gasteiger partial charge on any atom is -0.497 e. The molecule has 0 atom stereocenters. The molecule has 0 saturated carbocycles. The maximum absolute atomic E-state index is 12.2. The predicted octanol–water partition coefficient (Wildman–Crippen LogP) is 4.23. The molecule has 0 spiro atoms. The molecule has 1 heterocycles. The summed E-state index contributed by atoms with van der Waals surface area (Å²) in [5.74, 6) is 2.02. The number of benzene rings is 2. The minimum atomic E-state index is -0.540. The van der Waals surface area contributed by atoms with Crippen molar-refractivity contribution in [1.29, 1.82) is 0 Å². The van der Waals surface area contributed by atoms with E-state index in [2.05, 4.69) is 0 Å². The second-order valence-electron chi connectivity index (χ2n) is 5.63. The van der Waals surface area contributed by atoms with Gasteiger partial charge in [0.2, 0.25) is 5.76 Å². The van der Waals surface area contributed by atoms with Crippen molar-refractivity contribution in [3.05, 3.63) is 77.7 Å². The first-order chi connectivity index (χ1) is 13.2. The number of hydrogen-bond donors (Lipinski definition) is 0. The third-order valence-corrected chi connectivity index (χ3v) is 3.81. The fourth-order valence-electron chi connectivity index (χ4n) is 2.43. The SMILES string of the molecule is COc1cccc(COC(=O)c2ccc(COc3ccccc3OC)o2)c1. The van der Waals surface area contributed by atoms with Gasteiger partial charge in [-0.15, -0.1) is 0 Å². The number of hydrogen-bond acceptors (Lipinski definition) is 6. The molecular formula is C21H20O6. The smallest absolute Gasteiger partial charge is 0.374 e. The van der Waals surface area contributed by atoms with E-state index >= 15 is 0 Å². The monoisotopic (exact) mass is 368 g/mol. The molecule has 0 fully saturated rings. The first-order valence-corrected chi connectivity index (χ1v) is 8.34. The van der Waals surface area contributed by atoms with Gasteiger partial charge in [0.25, 0.3) is 0 Å². The quantitative estimate of drug-likeness (QED) is 0.554. The molecule has 3 aromatic rings. The molecule has 0 amide bonds. The third-order valence-electron chi connectivity index (χ3n) is 3.81. The third kappa shape index (κ3) is 4.82. The molecule has 3 rings (SSSR count). The Hall–Kier alpha value is -3.41. The van der Waals surface area contributed by atoms with E-state index in [0.717, 1.165) is 5.56 Å². The van der Waals surface area contributed by atoms with Crippen LogP contribution in [0.1, 0.15) is 21.9 Å². The first kappa shape index (κ1) is 18.4. The Morgan fingerprint density at radius 1 is 0.889 bits per heavy atom. The first-order valence-electron chi connectivity index (χ1n) is 8.34.